The van der Waals surface area contributed by atoms with Gasteiger partial charge in [-0.05, 0) is 31.0 Å². The Morgan fingerprint density at radius 1 is 1.50 bits per heavy atom. The van der Waals surface area contributed by atoms with Crippen LogP contribution in [0, 0.1) is 6.92 Å². The van der Waals surface area contributed by atoms with Crippen LogP contribution in [0.15, 0.2) is 18.2 Å². The highest BCUT2D eigenvalue weighted by Gasteiger charge is 2.09. The molecule has 1 aromatic carbocycles. The molecule has 1 rings (SSSR count). The Hall–Kier alpha value is -1.55. The fraction of sp³-hybridized carbons (Fsp3) is 0.500. The topological polar surface area (TPSA) is 64.3 Å². The zero-order valence-electron chi connectivity index (χ0n) is 11.3. The van der Waals surface area contributed by atoms with Crippen LogP contribution in [-0.4, -0.2) is 25.6 Å². The first-order valence-corrected chi connectivity index (χ1v) is 6.27. The minimum absolute atomic E-state index is 0.0197. The standard InChI is InChI=1S/C14H22N2O2/c1-4-5-12(15)9-16-14(17)11-7-6-10(2)13(8-11)18-3/h6-8,12H,4-5,9,15H2,1-3H3,(H,16,17). The van der Waals surface area contributed by atoms with E-state index in [2.05, 4.69) is 12.2 Å². The molecule has 1 atom stereocenters. The molecule has 1 aromatic rings. The summed E-state index contributed by atoms with van der Waals surface area (Å²) in [5.74, 6) is 0.611. The first-order valence-electron chi connectivity index (χ1n) is 6.27. The van der Waals surface area contributed by atoms with E-state index in [1.54, 1.807) is 19.2 Å². The van der Waals surface area contributed by atoms with Gasteiger partial charge in [0.1, 0.15) is 5.75 Å². The molecule has 3 N–H and O–H groups in total. The molecule has 0 radical (unpaired) electrons. The molecule has 1 unspecified atom stereocenters. The average Bonchev–Trinajstić information content (AvgIpc) is 2.37. The van der Waals surface area contributed by atoms with Gasteiger partial charge in [0.15, 0.2) is 0 Å². The second kappa shape index (κ2) is 7.01. The summed E-state index contributed by atoms with van der Waals surface area (Å²) in [6, 6.07) is 5.43. The van der Waals surface area contributed by atoms with Gasteiger partial charge in [-0.1, -0.05) is 19.4 Å². The molecule has 0 aliphatic carbocycles. The van der Waals surface area contributed by atoms with Gasteiger partial charge >= 0.3 is 0 Å². The van der Waals surface area contributed by atoms with E-state index in [1.165, 1.54) is 0 Å². The second-order valence-electron chi connectivity index (χ2n) is 4.44. The summed E-state index contributed by atoms with van der Waals surface area (Å²) >= 11 is 0. The van der Waals surface area contributed by atoms with Crippen molar-refractivity contribution >= 4 is 5.91 Å². The summed E-state index contributed by atoms with van der Waals surface area (Å²) in [5, 5.41) is 2.83. The van der Waals surface area contributed by atoms with Crippen LogP contribution >= 0.6 is 0 Å². The van der Waals surface area contributed by atoms with Crippen LogP contribution in [0.2, 0.25) is 0 Å². The summed E-state index contributed by atoms with van der Waals surface area (Å²) in [7, 11) is 1.60. The quantitative estimate of drug-likeness (QED) is 0.810. The van der Waals surface area contributed by atoms with Gasteiger partial charge in [0.05, 0.1) is 7.11 Å². The van der Waals surface area contributed by atoms with Crippen LogP contribution in [0.1, 0.15) is 35.7 Å². The largest absolute Gasteiger partial charge is 0.496 e. The Bertz CT molecular complexity index is 405. The van der Waals surface area contributed by atoms with E-state index in [0.29, 0.717) is 12.1 Å². The van der Waals surface area contributed by atoms with Crippen molar-refractivity contribution in [3.8, 4) is 5.75 Å². The number of nitrogens with two attached hydrogens (primary N) is 1. The molecule has 100 valence electrons. The number of carbonyl (C=O) groups excluding carboxylic acids is 1. The lowest BCUT2D eigenvalue weighted by atomic mass is 10.1. The highest BCUT2D eigenvalue weighted by molar-refractivity contribution is 5.94. The predicted octanol–water partition coefficient (Wildman–Crippen LogP) is 1.86. The van der Waals surface area contributed by atoms with Crippen molar-refractivity contribution in [2.24, 2.45) is 5.73 Å². The van der Waals surface area contributed by atoms with Gasteiger partial charge in [-0.3, -0.25) is 4.79 Å². The lowest BCUT2D eigenvalue weighted by molar-refractivity contribution is 0.0950. The first-order chi connectivity index (χ1) is 8.58. The lowest BCUT2D eigenvalue weighted by Gasteiger charge is -2.12. The maximum Gasteiger partial charge on any atom is 0.251 e. The maximum absolute atomic E-state index is 11.9. The van der Waals surface area contributed by atoms with Gasteiger partial charge in [-0.2, -0.15) is 0 Å². The number of carbonyl (C=O) groups is 1. The number of amides is 1. The number of ether oxygens (including phenoxy) is 1. The number of rotatable bonds is 6. The Morgan fingerprint density at radius 2 is 2.22 bits per heavy atom. The van der Waals surface area contributed by atoms with Crippen molar-refractivity contribution in [2.45, 2.75) is 32.7 Å². The second-order valence-corrected chi connectivity index (χ2v) is 4.44. The van der Waals surface area contributed by atoms with Gasteiger partial charge in [0.25, 0.3) is 5.91 Å². The summed E-state index contributed by atoms with van der Waals surface area (Å²) in [5.41, 5.74) is 7.46. The summed E-state index contributed by atoms with van der Waals surface area (Å²) in [6.45, 7) is 4.52. The molecule has 0 fully saturated rings. The third kappa shape index (κ3) is 4.04. The Balaban J connectivity index is 2.61. The van der Waals surface area contributed by atoms with Crippen molar-refractivity contribution in [1.29, 1.82) is 0 Å². The minimum atomic E-state index is -0.111. The van der Waals surface area contributed by atoms with Crippen molar-refractivity contribution in [3.63, 3.8) is 0 Å². The molecule has 0 saturated heterocycles. The summed E-state index contributed by atoms with van der Waals surface area (Å²) < 4.78 is 5.20. The average molecular weight is 250 g/mol. The number of hydrogen-bond acceptors (Lipinski definition) is 3. The maximum atomic E-state index is 11.9. The normalized spacial score (nSPS) is 12.0. The lowest BCUT2D eigenvalue weighted by Crippen LogP contribution is -2.37. The molecule has 0 aliphatic rings. The summed E-state index contributed by atoms with van der Waals surface area (Å²) in [4.78, 5) is 11.9. The highest BCUT2D eigenvalue weighted by atomic mass is 16.5. The van der Waals surface area contributed by atoms with Crippen molar-refractivity contribution < 1.29 is 9.53 Å². The van der Waals surface area contributed by atoms with E-state index >= 15 is 0 Å². The number of nitrogens with one attached hydrogen (secondary N) is 1. The fourth-order valence-electron chi connectivity index (χ4n) is 1.76. The van der Waals surface area contributed by atoms with E-state index in [-0.39, 0.29) is 11.9 Å². The molecule has 1 amide bonds. The van der Waals surface area contributed by atoms with Crippen LogP contribution in [0.5, 0.6) is 5.75 Å². The van der Waals surface area contributed by atoms with Crippen molar-refractivity contribution in [3.05, 3.63) is 29.3 Å². The minimum Gasteiger partial charge on any atom is -0.496 e. The zero-order chi connectivity index (χ0) is 13.5. The Labute approximate surface area is 109 Å². The molecule has 4 nitrogen and oxygen atoms in total. The monoisotopic (exact) mass is 250 g/mol. The molecule has 0 saturated carbocycles. The van der Waals surface area contributed by atoms with E-state index in [9.17, 15) is 4.79 Å². The molecular formula is C14H22N2O2. The van der Waals surface area contributed by atoms with Crippen LogP contribution < -0.4 is 15.8 Å². The van der Waals surface area contributed by atoms with Crippen LogP contribution in [0.25, 0.3) is 0 Å². The third-order valence-electron chi connectivity index (χ3n) is 2.85. The fourth-order valence-corrected chi connectivity index (χ4v) is 1.76. The molecule has 0 bridgehead atoms. The molecule has 4 heteroatoms. The first kappa shape index (κ1) is 14.5. The number of benzene rings is 1. The molecule has 0 aliphatic heterocycles. The Kier molecular flexibility index (Phi) is 5.65. The molecule has 18 heavy (non-hydrogen) atoms. The zero-order valence-corrected chi connectivity index (χ0v) is 11.3. The van der Waals surface area contributed by atoms with E-state index in [0.717, 1.165) is 24.2 Å². The third-order valence-corrected chi connectivity index (χ3v) is 2.85. The number of aryl methyl sites for hydroxylation is 1. The molecule has 0 spiro atoms. The molecule has 0 heterocycles. The highest BCUT2D eigenvalue weighted by Crippen LogP contribution is 2.18. The van der Waals surface area contributed by atoms with Gasteiger partial charge in [0.2, 0.25) is 0 Å². The van der Waals surface area contributed by atoms with Gasteiger partial charge < -0.3 is 15.8 Å². The van der Waals surface area contributed by atoms with Crippen molar-refractivity contribution in [2.75, 3.05) is 13.7 Å². The van der Waals surface area contributed by atoms with Crippen LogP contribution in [0.4, 0.5) is 0 Å². The van der Waals surface area contributed by atoms with E-state index < -0.39 is 0 Å². The van der Waals surface area contributed by atoms with E-state index in [1.807, 2.05) is 13.0 Å². The smallest absolute Gasteiger partial charge is 0.251 e. The van der Waals surface area contributed by atoms with Gasteiger partial charge in [-0.15, -0.1) is 0 Å². The van der Waals surface area contributed by atoms with Crippen molar-refractivity contribution in [1.82, 2.24) is 5.32 Å². The summed E-state index contributed by atoms with van der Waals surface area (Å²) in [6.07, 6.45) is 1.94. The van der Waals surface area contributed by atoms with Crippen LogP contribution in [0.3, 0.4) is 0 Å². The SMILES string of the molecule is CCCC(N)CNC(=O)c1ccc(C)c(OC)c1. The number of hydrogen-bond donors (Lipinski definition) is 2. The van der Waals surface area contributed by atoms with E-state index in [4.69, 9.17) is 10.5 Å². The van der Waals surface area contributed by atoms with Gasteiger partial charge in [0, 0.05) is 18.2 Å². The number of methoxy groups -OCH3 is 1. The van der Waals surface area contributed by atoms with Crippen LogP contribution in [-0.2, 0) is 0 Å². The predicted molar refractivity (Wildman–Crippen MR) is 72.9 cm³/mol. The van der Waals surface area contributed by atoms with Gasteiger partial charge in [-0.25, -0.2) is 0 Å². The molecule has 0 aromatic heterocycles. The Morgan fingerprint density at radius 3 is 2.83 bits per heavy atom. The molecular weight excluding hydrogens is 228 g/mol.